The van der Waals surface area contributed by atoms with E-state index in [1.54, 1.807) is 0 Å². The first-order valence-electron chi connectivity index (χ1n) is 10.00. The molecule has 3 aliphatic rings. The molecule has 2 saturated heterocycles. The van der Waals surface area contributed by atoms with Gasteiger partial charge in [0.2, 0.25) is 27.7 Å². The van der Waals surface area contributed by atoms with Crippen molar-refractivity contribution in [2.24, 2.45) is 17.8 Å². The number of nitrogens with one attached hydrogen (secondary N) is 1. The van der Waals surface area contributed by atoms with Crippen molar-refractivity contribution >= 4 is 27.7 Å². The first-order valence-corrected chi connectivity index (χ1v) is 11.6. The highest BCUT2D eigenvalue weighted by molar-refractivity contribution is 7.89. The average Bonchev–Trinajstić information content (AvgIpc) is 3.10. The molecular formula is C19H29N3O5S. The van der Waals surface area contributed by atoms with Gasteiger partial charge < -0.3 is 5.32 Å². The van der Waals surface area contributed by atoms with E-state index in [0.29, 0.717) is 32.2 Å². The molecule has 2 aliphatic heterocycles. The van der Waals surface area contributed by atoms with Gasteiger partial charge >= 0.3 is 0 Å². The van der Waals surface area contributed by atoms with Gasteiger partial charge in [0.05, 0.1) is 17.6 Å². The molecule has 2 heterocycles. The van der Waals surface area contributed by atoms with Gasteiger partial charge in [-0.25, -0.2) is 12.7 Å². The van der Waals surface area contributed by atoms with Crippen molar-refractivity contribution in [3.63, 3.8) is 0 Å². The molecule has 3 amide bonds. The topological polar surface area (TPSA) is 104 Å². The van der Waals surface area contributed by atoms with Crippen LogP contribution in [0.4, 0.5) is 0 Å². The minimum absolute atomic E-state index is 0.121. The van der Waals surface area contributed by atoms with Crippen LogP contribution >= 0.6 is 0 Å². The molecule has 0 unspecified atom stereocenters. The van der Waals surface area contributed by atoms with Crippen molar-refractivity contribution in [3.05, 3.63) is 12.2 Å². The number of sulfonamides is 1. The second kappa shape index (κ2) is 8.32. The lowest BCUT2D eigenvalue weighted by Crippen LogP contribution is -2.51. The maximum atomic E-state index is 12.9. The first-order chi connectivity index (χ1) is 13.2. The van der Waals surface area contributed by atoms with Gasteiger partial charge in [-0.2, -0.15) is 0 Å². The van der Waals surface area contributed by atoms with Crippen molar-refractivity contribution in [1.29, 1.82) is 0 Å². The lowest BCUT2D eigenvalue weighted by Gasteiger charge is -2.27. The maximum Gasteiger partial charge on any atom is 0.243 e. The van der Waals surface area contributed by atoms with Crippen LogP contribution in [0.1, 0.15) is 39.5 Å². The SMILES string of the molecule is CC(C)C[C@H](C(=O)NCCN1CCCS1(=O)=O)N1C(=O)[C@H]2CC=CC[C@H]2C1=O. The van der Waals surface area contributed by atoms with E-state index in [4.69, 9.17) is 0 Å². The zero-order valence-corrected chi connectivity index (χ0v) is 17.3. The van der Waals surface area contributed by atoms with E-state index in [9.17, 15) is 22.8 Å². The molecular weight excluding hydrogens is 382 g/mol. The number of allylic oxidation sites excluding steroid dienone is 2. The largest absolute Gasteiger partial charge is 0.353 e. The van der Waals surface area contributed by atoms with Crippen LogP contribution in [-0.2, 0) is 24.4 Å². The summed E-state index contributed by atoms with van der Waals surface area (Å²) < 4.78 is 25.1. The monoisotopic (exact) mass is 411 g/mol. The van der Waals surface area contributed by atoms with E-state index >= 15 is 0 Å². The number of carbonyl (C=O) groups is 3. The Morgan fingerprint density at radius 2 is 1.79 bits per heavy atom. The second-order valence-electron chi connectivity index (χ2n) is 8.21. The van der Waals surface area contributed by atoms with Crippen molar-refractivity contribution in [2.45, 2.75) is 45.6 Å². The van der Waals surface area contributed by atoms with Gasteiger partial charge in [0.25, 0.3) is 0 Å². The Balaban J connectivity index is 1.67. The fourth-order valence-corrected chi connectivity index (χ4v) is 5.80. The number of likely N-dealkylation sites (tertiary alicyclic amines) is 1. The predicted octanol–water partition coefficient (Wildman–Crippen LogP) is 0.504. The number of nitrogens with zero attached hydrogens (tertiary/aromatic N) is 2. The van der Waals surface area contributed by atoms with E-state index in [1.165, 1.54) is 9.21 Å². The van der Waals surface area contributed by atoms with E-state index in [0.717, 1.165) is 0 Å². The molecule has 0 aromatic rings. The Labute approximate surface area is 166 Å². The summed E-state index contributed by atoms with van der Waals surface area (Å²) in [6, 6.07) is -0.846. The summed E-state index contributed by atoms with van der Waals surface area (Å²) in [6.07, 6.45) is 5.90. The molecule has 2 fully saturated rings. The maximum absolute atomic E-state index is 12.9. The fourth-order valence-electron chi connectivity index (χ4n) is 4.27. The van der Waals surface area contributed by atoms with Crippen LogP contribution in [-0.4, -0.2) is 66.8 Å². The van der Waals surface area contributed by atoms with Crippen LogP contribution in [0.3, 0.4) is 0 Å². The third-order valence-electron chi connectivity index (χ3n) is 5.71. The molecule has 1 aliphatic carbocycles. The normalized spacial score (nSPS) is 28.0. The third kappa shape index (κ3) is 4.15. The molecule has 156 valence electrons. The average molecular weight is 412 g/mol. The zero-order chi connectivity index (χ0) is 20.5. The predicted molar refractivity (Wildman–Crippen MR) is 103 cm³/mol. The van der Waals surface area contributed by atoms with Crippen molar-refractivity contribution in [1.82, 2.24) is 14.5 Å². The van der Waals surface area contributed by atoms with Gasteiger partial charge in [-0.05, 0) is 31.6 Å². The lowest BCUT2D eigenvalue weighted by atomic mass is 9.85. The van der Waals surface area contributed by atoms with Gasteiger partial charge in [-0.1, -0.05) is 26.0 Å². The number of amides is 3. The molecule has 0 aromatic carbocycles. The highest BCUT2D eigenvalue weighted by atomic mass is 32.2. The molecule has 0 aromatic heterocycles. The molecule has 9 heteroatoms. The Kier molecular flexibility index (Phi) is 6.24. The first kappa shape index (κ1) is 21.0. The van der Waals surface area contributed by atoms with Crippen molar-refractivity contribution in [2.75, 3.05) is 25.4 Å². The van der Waals surface area contributed by atoms with Crippen LogP contribution in [0.5, 0.6) is 0 Å². The summed E-state index contributed by atoms with van der Waals surface area (Å²) in [5.74, 6) is -1.38. The minimum atomic E-state index is -3.22. The quantitative estimate of drug-likeness (QED) is 0.485. The number of rotatable bonds is 7. The summed E-state index contributed by atoms with van der Waals surface area (Å²) in [5.41, 5.74) is 0. The standard InChI is InChI=1S/C19H29N3O5S/c1-13(2)12-16(17(23)20-8-10-21-9-5-11-28(21,26)27)22-18(24)14-6-3-4-7-15(14)19(22)25/h3-4,13-16H,5-12H2,1-2H3,(H,20,23)/t14-,15+,16-/m1/s1. The highest BCUT2D eigenvalue weighted by Gasteiger charge is 2.51. The Morgan fingerprint density at radius 1 is 1.18 bits per heavy atom. The van der Waals surface area contributed by atoms with E-state index in [2.05, 4.69) is 5.32 Å². The van der Waals surface area contributed by atoms with Crippen LogP contribution in [0, 0.1) is 17.8 Å². The molecule has 1 N–H and O–H groups in total. The smallest absolute Gasteiger partial charge is 0.243 e. The molecule has 0 saturated carbocycles. The summed E-state index contributed by atoms with van der Waals surface area (Å²) in [7, 11) is -3.22. The van der Waals surface area contributed by atoms with E-state index < -0.39 is 22.0 Å². The molecule has 3 atom stereocenters. The molecule has 0 spiro atoms. The van der Waals surface area contributed by atoms with Gasteiger partial charge in [0.15, 0.2) is 0 Å². The van der Waals surface area contributed by atoms with Crippen LogP contribution < -0.4 is 5.32 Å². The number of hydrogen-bond donors (Lipinski definition) is 1. The summed E-state index contributed by atoms with van der Waals surface area (Å²) in [4.78, 5) is 39.7. The number of imide groups is 1. The lowest BCUT2D eigenvalue weighted by molar-refractivity contribution is -0.148. The highest BCUT2D eigenvalue weighted by Crippen LogP contribution is 2.37. The third-order valence-corrected chi connectivity index (χ3v) is 7.67. The number of hydrogen-bond acceptors (Lipinski definition) is 5. The van der Waals surface area contributed by atoms with Gasteiger partial charge in [0, 0.05) is 19.6 Å². The number of fused-ring (bicyclic) bond motifs is 1. The zero-order valence-electron chi connectivity index (χ0n) is 16.5. The summed E-state index contributed by atoms with van der Waals surface area (Å²) >= 11 is 0. The Morgan fingerprint density at radius 3 is 2.29 bits per heavy atom. The van der Waals surface area contributed by atoms with Crippen molar-refractivity contribution in [3.8, 4) is 0 Å². The van der Waals surface area contributed by atoms with Crippen LogP contribution in [0.25, 0.3) is 0 Å². The molecule has 3 rings (SSSR count). The molecule has 8 nitrogen and oxygen atoms in total. The van der Waals surface area contributed by atoms with Gasteiger partial charge in [-0.3, -0.25) is 19.3 Å². The summed E-state index contributed by atoms with van der Waals surface area (Å²) in [5, 5.41) is 2.75. The van der Waals surface area contributed by atoms with Gasteiger partial charge in [-0.15, -0.1) is 0 Å². The van der Waals surface area contributed by atoms with Crippen LogP contribution in [0.2, 0.25) is 0 Å². The fraction of sp³-hybridized carbons (Fsp3) is 0.737. The minimum Gasteiger partial charge on any atom is -0.353 e. The molecule has 28 heavy (non-hydrogen) atoms. The Hall–Kier alpha value is -1.74. The second-order valence-corrected chi connectivity index (χ2v) is 10.3. The Bertz CT molecular complexity index is 750. The number of carbonyl (C=O) groups excluding carboxylic acids is 3. The molecule has 0 radical (unpaired) electrons. The van der Waals surface area contributed by atoms with E-state index in [-0.39, 0.29) is 48.4 Å². The summed E-state index contributed by atoms with van der Waals surface area (Å²) in [6.45, 7) is 4.72. The van der Waals surface area contributed by atoms with Gasteiger partial charge in [0.1, 0.15) is 6.04 Å². The van der Waals surface area contributed by atoms with Crippen molar-refractivity contribution < 1.29 is 22.8 Å². The van der Waals surface area contributed by atoms with E-state index in [1.807, 2.05) is 26.0 Å². The molecule has 0 bridgehead atoms. The van der Waals surface area contributed by atoms with Crippen LogP contribution in [0.15, 0.2) is 12.2 Å².